The molecule has 1 atom stereocenters. The molecule has 0 aliphatic carbocycles. The Morgan fingerprint density at radius 3 is 2.40 bits per heavy atom. The number of benzene rings is 1. The molecule has 0 fully saturated rings. The van der Waals surface area contributed by atoms with Gasteiger partial charge in [0.15, 0.2) is 5.78 Å². The Hall–Kier alpha value is -1.33. The van der Waals surface area contributed by atoms with Crippen LogP contribution in [0, 0.1) is 0 Å². The molecule has 0 aromatic heterocycles. The van der Waals surface area contributed by atoms with E-state index in [1.807, 2.05) is 19.1 Å². The molecule has 1 aromatic rings. The second-order valence-electron chi connectivity index (χ2n) is 4.22. The van der Waals surface area contributed by atoms with Crippen LogP contribution < -0.4 is 0 Å². The van der Waals surface area contributed by atoms with E-state index in [1.54, 1.807) is 26.2 Å². The van der Waals surface area contributed by atoms with Crippen molar-refractivity contribution in [2.24, 2.45) is 0 Å². The zero-order valence-electron chi connectivity index (χ0n) is 12.0. The molecule has 0 aliphatic rings. The number of ether oxygens (including phenoxy) is 2. The molecule has 0 saturated heterocycles. The van der Waals surface area contributed by atoms with E-state index in [0.29, 0.717) is 18.6 Å². The summed E-state index contributed by atoms with van der Waals surface area (Å²) in [5, 5.41) is -0.292. The maximum Gasteiger partial charge on any atom is 0.319 e. The van der Waals surface area contributed by atoms with Crippen molar-refractivity contribution in [3.8, 4) is 0 Å². The highest BCUT2D eigenvalue weighted by Crippen LogP contribution is 2.24. The van der Waals surface area contributed by atoms with Crippen LogP contribution in [0.5, 0.6) is 0 Å². The van der Waals surface area contributed by atoms with Crippen molar-refractivity contribution in [1.82, 2.24) is 0 Å². The third-order valence-corrected chi connectivity index (χ3v) is 3.76. The van der Waals surface area contributed by atoms with Gasteiger partial charge in [0.25, 0.3) is 0 Å². The van der Waals surface area contributed by atoms with Crippen molar-refractivity contribution in [2.45, 2.75) is 30.4 Å². The van der Waals surface area contributed by atoms with Crippen LogP contribution in [0.1, 0.15) is 30.6 Å². The molecule has 1 aromatic carbocycles. The number of esters is 1. The Morgan fingerprint density at radius 1 is 1.20 bits per heavy atom. The molecular weight excluding hydrogens is 276 g/mol. The molecule has 110 valence electrons. The fourth-order valence-electron chi connectivity index (χ4n) is 1.52. The minimum atomic E-state index is -0.292. The lowest BCUT2D eigenvalue weighted by Crippen LogP contribution is -2.19. The van der Waals surface area contributed by atoms with E-state index in [-0.39, 0.29) is 23.6 Å². The lowest BCUT2D eigenvalue weighted by Gasteiger charge is -2.11. The number of Topliss-reactive ketones (excluding diaryl/α,β-unsaturated/α-hetero) is 1. The monoisotopic (exact) mass is 296 g/mol. The van der Waals surface area contributed by atoms with Gasteiger partial charge in [-0.05, 0) is 19.1 Å². The highest BCUT2D eigenvalue weighted by molar-refractivity contribution is 8.00. The summed E-state index contributed by atoms with van der Waals surface area (Å²) in [6, 6.07) is 7.28. The van der Waals surface area contributed by atoms with E-state index in [0.717, 1.165) is 4.90 Å². The van der Waals surface area contributed by atoms with E-state index in [2.05, 4.69) is 0 Å². The minimum Gasteiger partial charge on any atom is -0.462 e. The van der Waals surface area contributed by atoms with Gasteiger partial charge in [-0.25, -0.2) is 0 Å². The van der Waals surface area contributed by atoms with Gasteiger partial charge in [0.1, 0.15) is 11.9 Å². The third-order valence-electron chi connectivity index (χ3n) is 2.67. The average molecular weight is 296 g/mol. The van der Waals surface area contributed by atoms with Gasteiger partial charge in [-0.3, -0.25) is 9.59 Å². The van der Waals surface area contributed by atoms with E-state index in [4.69, 9.17) is 9.47 Å². The second-order valence-corrected chi connectivity index (χ2v) is 5.64. The molecule has 0 bridgehead atoms. The predicted octanol–water partition coefficient (Wildman–Crippen LogP) is 2.95. The topological polar surface area (TPSA) is 52.6 Å². The Labute approximate surface area is 123 Å². The molecule has 5 heteroatoms. The summed E-state index contributed by atoms with van der Waals surface area (Å²) in [7, 11) is 1.56. The number of methoxy groups -OCH3 is 1. The quantitative estimate of drug-likeness (QED) is 0.319. The van der Waals surface area contributed by atoms with Crippen molar-refractivity contribution in [3.63, 3.8) is 0 Å². The first kappa shape index (κ1) is 16.7. The number of carbonyl (C=O) groups excluding carboxylic acids is 2. The molecule has 4 nitrogen and oxygen atoms in total. The van der Waals surface area contributed by atoms with Crippen LogP contribution in [0.3, 0.4) is 0 Å². The Kier molecular flexibility index (Phi) is 7.33. The van der Waals surface area contributed by atoms with Crippen LogP contribution in [0.4, 0.5) is 0 Å². The number of hydrogen-bond acceptors (Lipinski definition) is 5. The number of thioether (sulfide) groups is 1. The zero-order chi connectivity index (χ0) is 15.0. The van der Waals surface area contributed by atoms with Gasteiger partial charge in [-0.2, -0.15) is 0 Å². The first-order valence-corrected chi connectivity index (χ1v) is 7.42. The molecule has 0 aliphatic heterocycles. The van der Waals surface area contributed by atoms with Crippen LogP contribution in [0.25, 0.3) is 0 Å². The maximum atomic E-state index is 11.7. The first-order valence-electron chi connectivity index (χ1n) is 6.54. The van der Waals surface area contributed by atoms with Gasteiger partial charge >= 0.3 is 5.97 Å². The van der Waals surface area contributed by atoms with Gasteiger partial charge in [0.2, 0.25) is 0 Å². The van der Waals surface area contributed by atoms with Crippen molar-refractivity contribution >= 4 is 23.5 Å². The molecule has 20 heavy (non-hydrogen) atoms. The average Bonchev–Trinajstić information content (AvgIpc) is 2.47. The van der Waals surface area contributed by atoms with E-state index >= 15 is 0 Å². The van der Waals surface area contributed by atoms with Crippen LogP contribution in [0.15, 0.2) is 29.2 Å². The van der Waals surface area contributed by atoms with Crippen molar-refractivity contribution in [2.75, 3.05) is 20.3 Å². The molecule has 0 radical (unpaired) electrons. The summed E-state index contributed by atoms with van der Waals surface area (Å²) in [4.78, 5) is 24.1. The van der Waals surface area contributed by atoms with Gasteiger partial charge in [-0.1, -0.05) is 19.1 Å². The number of ketones is 1. The van der Waals surface area contributed by atoms with Crippen molar-refractivity contribution in [3.05, 3.63) is 29.8 Å². The van der Waals surface area contributed by atoms with E-state index in [9.17, 15) is 9.59 Å². The molecular formula is C15H20O4S. The largest absolute Gasteiger partial charge is 0.462 e. The smallest absolute Gasteiger partial charge is 0.319 e. The summed E-state index contributed by atoms with van der Waals surface area (Å²) in [5.41, 5.74) is 0.701. The van der Waals surface area contributed by atoms with Crippen molar-refractivity contribution in [1.29, 1.82) is 0 Å². The van der Waals surface area contributed by atoms with Gasteiger partial charge < -0.3 is 9.47 Å². The maximum absolute atomic E-state index is 11.7. The van der Waals surface area contributed by atoms with Crippen LogP contribution in [-0.4, -0.2) is 37.3 Å². The van der Waals surface area contributed by atoms with Gasteiger partial charge in [0, 0.05) is 24.0 Å². The lowest BCUT2D eigenvalue weighted by molar-refractivity contribution is -0.143. The van der Waals surface area contributed by atoms with Crippen LogP contribution in [0.2, 0.25) is 0 Å². The van der Waals surface area contributed by atoms with Gasteiger partial charge in [-0.15, -0.1) is 11.8 Å². The van der Waals surface area contributed by atoms with E-state index < -0.39 is 0 Å². The van der Waals surface area contributed by atoms with Crippen molar-refractivity contribution < 1.29 is 19.1 Å². The lowest BCUT2D eigenvalue weighted by atomic mass is 10.1. The fraction of sp³-hybridized carbons (Fsp3) is 0.467. The Balaban J connectivity index is 2.51. The number of rotatable bonds is 8. The third kappa shape index (κ3) is 5.35. The number of hydrogen-bond donors (Lipinski definition) is 0. The summed E-state index contributed by atoms with van der Waals surface area (Å²) in [6.45, 7) is 4.30. The molecule has 0 spiro atoms. The highest BCUT2D eigenvalue weighted by Gasteiger charge is 2.16. The fourth-order valence-corrected chi connectivity index (χ4v) is 2.38. The van der Waals surface area contributed by atoms with E-state index in [1.165, 1.54) is 11.8 Å². The van der Waals surface area contributed by atoms with Gasteiger partial charge in [0.05, 0.1) is 6.61 Å². The minimum absolute atomic E-state index is 0.119. The molecule has 1 unspecified atom stereocenters. The molecule has 0 N–H and O–H groups in total. The van der Waals surface area contributed by atoms with Crippen LogP contribution in [-0.2, 0) is 14.3 Å². The predicted molar refractivity (Wildman–Crippen MR) is 79.2 cm³/mol. The SMILES string of the molecule is CCC(=O)c1ccc(SC(C)C(=O)OCCOC)cc1. The summed E-state index contributed by atoms with van der Waals surface area (Å²) in [6.07, 6.45) is 0.495. The molecule has 0 amide bonds. The first-order chi connectivity index (χ1) is 9.58. The Bertz CT molecular complexity index is 442. The zero-order valence-corrected chi connectivity index (χ0v) is 12.9. The second kappa shape index (κ2) is 8.76. The molecule has 1 rings (SSSR count). The standard InChI is InChI=1S/C15H20O4S/c1-4-14(16)12-5-7-13(8-6-12)20-11(2)15(17)19-10-9-18-3/h5-8,11H,4,9-10H2,1-3H3. The normalized spacial score (nSPS) is 11.9. The molecule has 0 heterocycles. The summed E-state index contributed by atoms with van der Waals surface area (Å²) < 4.78 is 9.88. The number of carbonyl (C=O) groups is 2. The molecule has 0 saturated carbocycles. The summed E-state index contributed by atoms with van der Waals surface area (Å²) in [5.74, 6) is -0.144. The summed E-state index contributed by atoms with van der Waals surface area (Å²) >= 11 is 1.41. The highest BCUT2D eigenvalue weighted by atomic mass is 32.2. The Morgan fingerprint density at radius 2 is 1.85 bits per heavy atom. The van der Waals surface area contributed by atoms with Crippen LogP contribution >= 0.6 is 11.8 Å².